The van der Waals surface area contributed by atoms with Gasteiger partial charge < -0.3 is 10.4 Å². The van der Waals surface area contributed by atoms with Crippen molar-refractivity contribution in [2.24, 2.45) is 0 Å². The van der Waals surface area contributed by atoms with Crippen molar-refractivity contribution in [1.82, 2.24) is 5.32 Å². The lowest BCUT2D eigenvalue weighted by Crippen LogP contribution is -2.29. The minimum absolute atomic E-state index is 0.361. The highest BCUT2D eigenvalue weighted by atomic mass is 32.2. The van der Waals surface area contributed by atoms with E-state index in [-0.39, 0.29) is 5.75 Å². The Labute approximate surface area is 65.3 Å². The van der Waals surface area contributed by atoms with Crippen molar-refractivity contribution in [2.75, 3.05) is 25.2 Å². The molecular formula is C5H11NO4S. The van der Waals surface area contributed by atoms with Crippen LogP contribution in [0.25, 0.3) is 0 Å². The van der Waals surface area contributed by atoms with Crippen LogP contribution in [0.4, 0.5) is 0 Å². The molecule has 0 aliphatic heterocycles. The summed E-state index contributed by atoms with van der Waals surface area (Å²) in [6.45, 7) is -0.445. The number of carbonyl (C=O) groups is 1. The zero-order chi connectivity index (χ0) is 8.91. The molecule has 11 heavy (non-hydrogen) atoms. The molecule has 0 unspecified atom stereocenters. The first-order chi connectivity index (χ1) is 5.02. The highest BCUT2D eigenvalue weighted by molar-refractivity contribution is 7.92. The van der Waals surface area contributed by atoms with Crippen LogP contribution in [0, 0.1) is 0 Å². The van der Waals surface area contributed by atoms with Crippen molar-refractivity contribution in [3.8, 4) is 0 Å². The SMILES string of the molecule is CNC(=O)CS(=O)(=O)CCO. The largest absolute Gasteiger partial charge is 0.395 e. The van der Waals surface area contributed by atoms with Crippen LogP contribution in [-0.4, -0.2) is 44.6 Å². The standard InChI is InChI=1S/C5H11NO4S/c1-6-5(8)4-11(9,10)3-2-7/h7H,2-4H2,1H3,(H,6,8). The first-order valence-electron chi connectivity index (χ1n) is 3.03. The number of aliphatic hydroxyl groups is 1. The molecular weight excluding hydrogens is 170 g/mol. The van der Waals surface area contributed by atoms with Gasteiger partial charge in [-0.3, -0.25) is 4.79 Å². The molecule has 0 aromatic rings. The van der Waals surface area contributed by atoms with Gasteiger partial charge in [0.2, 0.25) is 5.91 Å². The number of hydrogen-bond donors (Lipinski definition) is 2. The summed E-state index contributed by atoms with van der Waals surface area (Å²) >= 11 is 0. The predicted molar refractivity (Wildman–Crippen MR) is 39.8 cm³/mol. The van der Waals surface area contributed by atoms with Crippen LogP contribution >= 0.6 is 0 Å². The third-order valence-electron chi connectivity index (χ3n) is 1.03. The summed E-state index contributed by atoms with van der Waals surface area (Å²) in [6.07, 6.45) is 0. The summed E-state index contributed by atoms with van der Waals surface area (Å²) in [7, 11) is -2.05. The van der Waals surface area contributed by atoms with Gasteiger partial charge in [-0.05, 0) is 0 Å². The number of sulfone groups is 1. The van der Waals surface area contributed by atoms with Gasteiger partial charge in [-0.15, -0.1) is 0 Å². The van der Waals surface area contributed by atoms with E-state index >= 15 is 0 Å². The molecule has 0 aliphatic carbocycles. The lowest BCUT2D eigenvalue weighted by molar-refractivity contribution is -0.118. The van der Waals surface area contributed by atoms with E-state index in [1.54, 1.807) is 0 Å². The summed E-state index contributed by atoms with van der Waals surface area (Å²) in [5.74, 6) is -1.47. The molecule has 0 heterocycles. The fourth-order valence-electron chi connectivity index (χ4n) is 0.483. The molecule has 66 valence electrons. The molecule has 0 atom stereocenters. The maximum atomic E-state index is 10.8. The lowest BCUT2D eigenvalue weighted by Gasteiger charge is -1.99. The average molecular weight is 181 g/mol. The second-order valence-corrected chi connectivity index (χ2v) is 4.17. The van der Waals surface area contributed by atoms with E-state index in [9.17, 15) is 13.2 Å². The molecule has 0 saturated heterocycles. The van der Waals surface area contributed by atoms with Crippen LogP contribution in [0.15, 0.2) is 0 Å². The van der Waals surface area contributed by atoms with E-state index < -0.39 is 28.1 Å². The molecule has 0 rings (SSSR count). The van der Waals surface area contributed by atoms with Crippen LogP contribution in [0.3, 0.4) is 0 Å². The summed E-state index contributed by atoms with van der Waals surface area (Å²) in [6, 6.07) is 0. The molecule has 0 aromatic carbocycles. The average Bonchev–Trinajstić information content (AvgIpc) is 1.86. The fraction of sp³-hybridized carbons (Fsp3) is 0.800. The third-order valence-corrected chi connectivity index (χ3v) is 2.54. The van der Waals surface area contributed by atoms with Gasteiger partial charge in [0.15, 0.2) is 9.84 Å². The minimum atomic E-state index is -3.41. The number of amides is 1. The second-order valence-electron chi connectivity index (χ2n) is 1.99. The third kappa shape index (κ3) is 4.74. The zero-order valence-electron chi connectivity index (χ0n) is 6.20. The quantitative estimate of drug-likeness (QED) is 0.532. The van der Waals surface area contributed by atoms with Crippen LogP contribution < -0.4 is 5.32 Å². The molecule has 0 aliphatic rings. The number of aliphatic hydroxyl groups excluding tert-OH is 1. The normalized spacial score (nSPS) is 11.1. The van der Waals surface area contributed by atoms with E-state index in [0.29, 0.717) is 0 Å². The monoisotopic (exact) mass is 181 g/mol. The van der Waals surface area contributed by atoms with E-state index in [2.05, 4.69) is 5.32 Å². The topological polar surface area (TPSA) is 83.5 Å². The van der Waals surface area contributed by atoms with Crippen molar-refractivity contribution in [3.05, 3.63) is 0 Å². The van der Waals surface area contributed by atoms with E-state index in [1.165, 1.54) is 7.05 Å². The molecule has 0 spiro atoms. The van der Waals surface area contributed by atoms with Crippen LogP contribution in [0.2, 0.25) is 0 Å². The predicted octanol–water partition coefficient (Wildman–Crippen LogP) is -1.86. The van der Waals surface area contributed by atoms with Crippen molar-refractivity contribution in [1.29, 1.82) is 0 Å². The van der Waals surface area contributed by atoms with Gasteiger partial charge in [0.1, 0.15) is 5.75 Å². The van der Waals surface area contributed by atoms with E-state index in [4.69, 9.17) is 5.11 Å². The Balaban J connectivity index is 4.03. The van der Waals surface area contributed by atoms with Crippen molar-refractivity contribution < 1.29 is 18.3 Å². The molecule has 0 fully saturated rings. The molecule has 1 amide bonds. The Hall–Kier alpha value is -0.620. The lowest BCUT2D eigenvalue weighted by atomic mass is 10.7. The van der Waals surface area contributed by atoms with Gasteiger partial charge in [0.05, 0.1) is 12.4 Å². The van der Waals surface area contributed by atoms with Gasteiger partial charge in [0, 0.05) is 7.05 Å². The summed E-state index contributed by atoms with van der Waals surface area (Å²) in [5.41, 5.74) is 0. The molecule has 0 radical (unpaired) electrons. The van der Waals surface area contributed by atoms with Crippen molar-refractivity contribution in [2.45, 2.75) is 0 Å². The summed E-state index contributed by atoms with van der Waals surface area (Å²) in [4.78, 5) is 10.5. The Morgan fingerprint density at radius 2 is 2.09 bits per heavy atom. The Bertz CT molecular complexity index is 221. The van der Waals surface area contributed by atoms with Gasteiger partial charge in [-0.1, -0.05) is 0 Å². The molecule has 5 nitrogen and oxygen atoms in total. The van der Waals surface area contributed by atoms with Crippen LogP contribution in [-0.2, 0) is 14.6 Å². The maximum absolute atomic E-state index is 10.8. The van der Waals surface area contributed by atoms with Gasteiger partial charge in [0.25, 0.3) is 0 Å². The van der Waals surface area contributed by atoms with Crippen molar-refractivity contribution in [3.63, 3.8) is 0 Å². The highest BCUT2D eigenvalue weighted by Gasteiger charge is 2.14. The first-order valence-corrected chi connectivity index (χ1v) is 4.86. The Morgan fingerprint density at radius 3 is 2.45 bits per heavy atom. The molecule has 0 saturated carbocycles. The Morgan fingerprint density at radius 1 is 1.55 bits per heavy atom. The molecule has 6 heteroatoms. The van der Waals surface area contributed by atoms with Crippen molar-refractivity contribution >= 4 is 15.7 Å². The highest BCUT2D eigenvalue weighted by Crippen LogP contribution is 1.87. The van der Waals surface area contributed by atoms with Gasteiger partial charge in [-0.25, -0.2) is 8.42 Å². The maximum Gasteiger partial charge on any atom is 0.234 e. The second kappa shape index (κ2) is 4.30. The Kier molecular flexibility index (Phi) is 4.06. The molecule has 2 N–H and O–H groups in total. The summed E-state index contributed by atoms with van der Waals surface area (Å²) in [5, 5.41) is 10.5. The van der Waals surface area contributed by atoms with Gasteiger partial charge >= 0.3 is 0 Å². The van der Waals surface area contributed by atoms with Crippen LogP contribution in [0.5, 0.6) is 0 Å². The minimum Gasteiger partial charge on any atom is -0.395 e. The van der Waals surface area contributed by atoms with E-state index in [1.807, 2.05) is 0 Å². The smallest absolute Gasteiger partial charge is 0.234 e. The zero-order valence-corrected chi connectivity index (χ0v) is 7.02. The fourth-order valence-corrected chi connectivity index (χ4v) is 1.45. The number of nitrogens with one attached hydrogen (secondary N) is 1. The number of carbonyl (C=O) groups excluding carboxylic acids is 1. The molecule has 0 bridgehead atoms. The number of hydrogen-bond acceptors (Lipinski definition) is 4. The van der Waals surface area contributed by atoms with E-state index in [0.717, 1.165) is 0 Å². The molecule has 0 aromatic heterocycles. The summed E-state index contributed by atoms with van der Waals surface area (Å²) < 4.78 is 21.6. The van der Waals surface area contributed by atoms with Crippen LogP contribution in [0.1, 0.15) is 0 Å². The number of rotatable bonds is 4. The first kappa shape index (κ1) is 10.4. The van der Waals surface area contributed by atoms with Gasteiger partial charge in [-0.2, -0.15) is 0 Å².